The summed E-state index contributed by atoms with van der Waals surface area (Å²) in [4.78, 5) is 12.5. The Bertz CT molecular complexity index is 477. The molecule has 1 aromatic heterocycles. The lowest BCUT2D eigenvalue weighted by Gasteiger charge is -2.46. The van der Waals surface area contributed by atoms with Gasteiger partial charge in [0.2, 0.25) is 5.82 Å². The van der Waals surface area contributed by atoms with Crippen LogP contribution in [0.1, 0.15) is 26.0 Å². The van der Waals surface area contributed by atoms with Gasteiger partial charge in [-0.1, -0.05) is 6.92 Å². The molecule has 1 aliphatic rings. The Balaban J connectivity index is 2.36. The minimum Gasteiger partial charge on any atom is -0.386 e. The number of hydrogen-bond donors (Lipinski definition) is 1. The molecule has 2 rings (SSSR count). The van der Waals surface area contributed by atoms with Crippen molar-refractivity contribution in [1.82, 2.24) is 9.78 Å². The molecule has 7 heteroatoms. The molecule has 1 fully saturated rings. The van der Waals surface area contributed by atoms with Gasteiger partial charge in [0, 0.05) is 6.54 Å². The van der Waals surface area contributed by atoms with E-state index in [0.29, 0.717) is 37.6 Å². The Morgan fingerprint density at radius 3 is 2.56 bits per heavy atom. The summed E-state index contributed by atoms with van der Waals surface area (Å²) in [6, 6.07) is 0. The summed E-state index contributed by atoms with van der Waals surface area (Å²) in [5.41, 5.74) is -0.247. The minimum atomic E-state index is -0.718. The van der Waals surface area contributed by atoms with Crippen molar-refractivity contribution in [3.63, 3.8) is 0 Å². The monoisotopic (exact) mass is 254 g/mol. The fourth-order valence-corrected chi connectivity index (χ4v) is 2.34. The molecule has 1 saturated heterocycles. The number of aliphatic hydroxyl groups is 1. The molecule has 1 N–H and O–H groups in total. The van der Waals surface area contributed by atoms with Crippen LogP contribution in [-0.4, -0.2) is 38.5 Å². The van der Waals surface area contributed by atoms with Gasteiger partial charge in [-0.25, -0.2) is 4.68 Å². The SMILES string of the molecule is CCn1nc(C)c([N+](=O)[O-])c1N1CC(O)(CC)C1. The van der Waals surface area contributed by atoms with Crippen molar-refractivity contribution in [2.75, 3.05) is 18.0 Å². The smallest absolute Gasteiger partial charge is 0.333 e. The fraction of sp³-hybridized carbons (Fsp3) is 0.727. The van der Waals surface area contributed by atoms with E-state index < -0.39 is 10.5 Å². The zero-order valence-electron chi connectivity index (χ0n) is 10.9. The number of nitro groups is 1. The number of hydrogen-bond acceptors (Lipinski definition) is 5. The van der Waals surface area contributed by atoms with Crippen molar-refractivity contribution >= 4 is 11.5 Å². The summed E-state index contributed by atoms with van der Waals surface area (Å²) in [5, 5.41) is 25.3. The van der Waals surface area contributed by atoms with E-state index in [4.69, 9.17) is 0 Å². The first-order valence-electron chi connectivity index (χ1n) is 6.11. The maximum Gasteiger partial charge on any atom is 0.333 e. The third kappa shape index (κ3) is 1.84. The Labute approximate surface area is 105 Å². The molecular formula is C11H18N4O3. The van der Waals surface area contributed by atoms with Crippen LogP contribution in [0.25, 0.3) is 0 Å². The van der Waals surface area contributed by atoms with Crippen molar-refractivity contribution in [2.24, 2.45) is 0 Å². The summed E-state index contributed by atoms with van der Waals surface area (Å²) >= 11 is 0. The van der Waals surface area contributed by atoms with Crippen LogP contribution in [0.3, 0.4) is 0 Å². The zero-order valence-corrected chi connectivity index (χ0v) is 10.9. The van der Waals surface area contributed by atoms with Gasteiger partial charge < -0.3 is 10.0 Å². The van der Waals surface area contributed by atoms with Gasteiger partial charge in [0.05, 0.1) is 23.6 Å². The lowest BCUT2D eigenvalue weighted by Crippen LogP contribution is -2.62. The first kappa shape index (κ1) is 12.8. The highest BCUT2D eigenvalue weighted by Gasteiger charge is 2.44. The molecular weight excluding hydrogens is 236 g/mol. The van der Waals surface area contributed by atoms with Gasteiger partial charge in [-0.2, -0.15) is 5.10 Å². The van der Waals surface area contributed by atoms with Crippen LogP contribution in [0.5, 0.6) is 0 Å². The standard InChI is InChI=1S/C11H18N4O3/c1-4-11(16)6-13(7-11)10-9(15(17)18)8(3)12-14(10)5-2/h16H,4-7H2,1-3H3. The van der Waals surface area contributed by atoms with Crippen molar-refractivity contribution in [3.05, 3.63) is 15.8 Å². The zero-order chi connectivity index (χ0) is 13.5. The van der Waals surface area contributed by atoms with E-state index in [2.05, 4.69) is 5.10 Å². The molecule has 0 bridgehead atoms. The molecule has 1 aromatic rings. The maximum atomic E-state index is 11.1. The van der Waals surface area contributed by atoms with Gasteiger partial charge in [0.15, 0.2) is 0 Å². The quantitative estimate of drug-likeness (QED) is 0.642. The number of anilines is 1. The number of rotatable bonds is 4. The molecule has 0 radical (unpaired) electrons. The summed E-state index contributed by atoms with van der Waals surface area (Å²) in [6.07, 6.45) is 0.649. The first-order chi connectivity index (χ1) is 8.41. The van der Waals surface area contributed by atoms with Gasteiger partial charge in [-0.05, 0) is 20.3 Å². The van der Waals surface area contributed by atoms with Gasteiger partial charge >= 0.3 is 5.69 Å². The Hall–Kier alpha value is -1.63. The minimum absolute atomic E-state index is 0.0509. The van der Waals surface area contributed by atoms with Gasteiger partial charge in [0.25, 0.3) is 0 Å². The summed E-state index contributed by atoms with van der Waals surface area (Å²) in [5.74, 6) is 0.512. The second-order valence-corrected chi connectivity index (χ2v) is 4.76. The normalized spacial score (nSPS) is 17.7. The number of nitrogens with zero attached hydrogens (tertiary/aromatic N) is 4. The van der Waals surface area contributed by atoms with E-state index in [9.17, 15) is 15.2 Å². The molecule has 0 saturated carbocycles. The Morgan fingerprint density at radius 1 is 1.50 bits per heavy atom. The lowest BCUT2D eigenvalue weighted by atomic mass is 9.91. The molecule has 0 unspecified atom stereocenters. The van der Waals surface area contributed by atoms with E-state index in [-0.39, 0.29) is 5.69 Å². The number of aromatic nitrogens is 2. The summed E-state index contributed by atoms with van der Waals surface area (Å²) < 4.78 is 1.63. The van der Waals surface area contributed by atoms with Crippen molar-refractivity contribution in [2.45, 2.75) is 39.3 Å². The summed E-state index contributed by atoms with van der Waals surface area (Å²) in [6.45, 7) is 6.87. The molecule has 2 heterocycles. The van der Waals surface area contributed by atoms with Crippen LogP contribution >= 0.6 is 0 Å². The second-order valence-electron chi connectivity index (χ2n) is 4.76. The Morgan fingerprint density at radius 2 is 2.11 bits per heavy atom. The van der Waals surface area contributed by atoms with E-state index in [0.717, 1.165) is 0 Å². The third-order valence-electron chi connectivity index (χ3n) is 3.48. The van der Waals surface area contributed by atoms with E-state index >= 15 is 0 Å². The molecule has 0 aromatic carbocycles. The average Bonchev–Trinajstić information content (AvgIpc) is 2.61. The second kappa shape index (κ2) is 4.24. The molecule has 100 valence electrons. The highest BCUT2D eigenvalue weighted by molar-refractivity contribution is 5.63. The summed E-state index contributed by atoms with van der Waals surface area (Å²) in [7, 11) is 0. The number of β-amino-alcohol motifs (C(OH)–C–C–N with tert-alkyl or cyclic N) is 1. The average molecular weight is 254 g/mol. The van der Waals surface area contributed by atoms with E-state index in [1.165, 1.54) is 0 Å². The molecule has 0 aliphatic carbocycles. The van der Waals surface area contributed by atoms with Crippen LogP contribution in [0.4, 0.5) is 11.5 Å². The number of aryl methyl sites for hydroxylation is 2. The molecule has 0 amide bonds. The van der Waals surface area contributed by atoms with Crippen LogP contribution in [0, 0.1) is 17.0 Å². The highest BCUT2D eigenvalue weighted by atomic mass is 16.6. The highest BCUT2D eigenvalue weighted by Crippen LogP contribution is 2.37. The first-order valence-corrected chi connectivity index (χ1v) is 6.11. The molecule has 0 spiro atoms. The molecule has 18 heavy (non-hydrogen) atoms. The van der Waals surface area contributed by atoms with Gasteiger partial charge in [0.1, 0.15) is 5.69 Å². The lowest BCUT2D eigenvalue weighted by molar-refractivity contribution is -0.384. The third-order valence-corrected chi connectivity index (χ3v) is 3.48. The maximum absolute atomic E-state index is 11.1. The van der Waals surface area contributed by atoms with Crippen LogP contribution < -0.4 is 4.90 Å². The van der Waals surface area contributed by atoms with Gasteiger partial charge in [-0.3, -0.25) is 10.1 Å². The van der Waals surface area contributed by atoms with Crippen molar-refractivity contribution in [1.29, 1.82) is 0 Å². The van der Waals surface area contributed by atoms with Crippen molar-refractivity contribution < 1.29 is 10.0 Å². The van der Waals surface area contributed by atoms with Gasteiger partial charge in [-0.15, -0.1) is 0 Å². The largest absolute Gasteiger partial charge is 0.386 e. The molecule has 1 aliphatic heterocycles. The molecule has 7 nitrogen and oxygen atoms in total. The molecule has 0 atom stereocenters. The predicted octanol–water partition coefficient (Wildman–Crippen LogP) is 1.08. The Kier molecular flexibility index (Phi) is 3.02. The predicted molar refractivity (Wildman–Crippen MR) is 66.7 cm³/mol. The van der Waals surface area contributed by atoms with E-state index in [1.807, 2.05) is 18.7 Å². The van der Waals surface area contributed by atoms with Crippen LogP contribution in [-0.2, 0) is 6.54 Å². The van der Waals surface area contributed by atoms with Crippen LogP contribution in [0.15, 0.2) is 0 Å². The van der Waals surface area contributed by atoms with Crippen LogP contribution in [0.2, 0.25) is 0 Å². The van der Waals surface area contributed by atoms with Crippen molar-refractivity contribution in [3.8, 4) is 0 Å². The fourth-order valence-electron chi connectivity index (χ4n) is 2.34. The van der Waals surface area contributed by atoms with E-state index in [1.54, 1.807) is 11.6 Å². The topological polar surface area (TPSA) is 84.4 Å².